The smallest absolute Gasteiger partial charge is 0.251 e. The van der Waals surface area contributed by atoms with Gasteiger partial charge in [0.25, 0.3) is 5.91 Å². The Morgan fingerprint density at radius 2 is 1.58 bits per heavy atom. The number of hydrogen-bond donors (Lipinski definition) is 1. The van der Waals surface area contributed by atoms with Crippen LogP contribution in [0.2, 0.25) is 5.02 Å². The summed E-state index contributed by atoms with van der Waals surface area (Å²) in [7, 11) is 0. The average molecular weight is 446 g/mol. The highest BCUT2D eigenvalue weighted by Crippen LogP contribution is 2.28. The van der Waals surface area contributed by atoms with Gasteiger partial charge in [-0.3, -0.25) is 9.59 Å². The first kappa shape index (κ1) is 22.7. The Kier molecular flexibility index (Phi) is 8.00. The fourth-order valence-electron chi connectivity index (χ4n) is 3.43. The number of ether oxygens (including phenoxy) is 2. The molecule has 1 fully saturated rings. The van der Waals surface area contributed by atoms with Gasteiger partial charge in [0.15, 0.2) is 11.5 Å². The number of anilines is 1. The topological polar surface area (TPSA) is 71.1 Å². The predicted octanol–water partition coefficient (Wildman–Crippen LogP) is 3.22. The molecule has 0 saturated carbocycles. The van der Waals surface area contributed by atoms with Crippen LogP contribution in [0.3, 0.4) is 0 Å². The predicted molar refractivity (Wildman–Crippen MR) is 121 cm³/mol. The van der Waals surface area contributed by atoms with Crippen molar-refractivity contribution < 1.29 is 19.1 Å². The van der Waals surface area contributed by atoms with Crippen LogP contribution in [-0.2, 0) is 4.79 Å². The number of nitrogens with one attached hydrogen (secondary N) is 1. The third-order valence-corrected chi connectivity index (χ3v) is 5.28. The van der Waals surface area contributed by atoms with Gasteiger partial charge in [0.05, 0.1) is 19.8 Å². The first-order valence-electron chi connectivity index (χ1n) is 10.5. The van der Waals surface area contributed by atoms with Crippen molar-refractivity contribution in [3.63, 3.8) is 0 Å². The van der Waals surface area contributed by atoms with Crippen molar-refractivity contribution in [2.75, 3.05) is 50.8 Å². The number of carbonyl (C=O) groups excluding carboxylic acids is 2. The lowest BCUT2D eigenvalue weighted by Crippen LogP contribution is -2.51. The molecule has 0 aliphatic carbocycles. The molecule has 3 rings (SSSR count). The second-order valence-corrected chi connectivity index (χ2v) is 7.49. The highest BCUT2D eigenvalue weighted by molar-refractivity contribution is 6.30. The van der Waals surface area contributed by atoms with Gasteiger partial charge in [-0.1, -0.05) is 11.6 Å². The van der Waals surface area contributed by atoms with Crippen LogP contribution >= 0.6 is 11.6 Å². The summed E-state index contributed by atoms with van der Waals surface area (Å²) in [4.78, 5) is 29.1. The lowest BCUT2D eigenvalue weighted by atomic mass is 10.2. The molecule has 0 bridgehead atoms. The van der Waals surface area contributed by atoms with Crippen molar-refractivity contribution in [3.05, 3.63) is 53.1 Å². The number of halogens is 1. The summed E-state index contributed by atoms with van der Waals surface area (Å²) >= 11 is 5.95. The van der Waals surface area contributed by atoms with E-state index in [0.717, 1.165) is 18.8 Å². The maximum absolute atomic E-state index is 12.6. The van der Waals surface area contributed by atoms with E-state index in [-0.39, 0.29) is 18.4 Å². The fourth-order valence-corrected chi connectivity index (χ4v) is 3.55. The molecule has 0 radical (unpaired) electrons. The maximum Gasteiger partial charge on any atom is 0.251 e. The van der Waals surface area contributed by atoms with E-state index in [4.69, 9.17) is 21.1 Å². The molecule has 0 atom stereocenters. The van der Waals surface area contributed by atoms with Gasteiger partial charge in [0.1, 0.15) is 0 Å². The van der Waals surface area contributed by atoms with Crippen LogP contribution in [0, 0.1) is 0 Å². The van der Waals surface area contributed by atoms with Crippen LogP contribution < -0.4 is 19.7 Å². The zero-order valence-corrected chi connectivity index (χ0v) is 18.7. The molecule has 1 aliphatic rings. The zero-order valence-electron chi connectivity index (χ0n) is 17.9. The Hall–Kier alpha value is -2.93. The molecule has 7 nitrogen and oxygen atoms in total. The summed E-state index contributed by atoms with van der Waals surface area (Å²) in [5.74, 6) is 0.689. The van der Waals surface area contributed by atoms with Gasteiger partial charge in [-0.15, -0.1) is 0 Å². The summed E-state index contributed by atoms with van der Waals surface area (Å²) in [5, 5.41) is 3.41. The van der Waals surface area contributed by atoms with Gasteiger partial charge < -0.3 is 24.6 Å². The molecule has 31 heavy (non-hydrogen) atoms. The molecule has 1 saturated heterocycles. The van der Waals surface area contributed by atoms with Gasteiger partial charge in [-0.05, 0) is 56.3 Å². The largest absolute Gasteiger partial charge is 0.490 e. The highest BCUT2D eigenvalue weighted by Gasteiger charge is 2.22. The van der Waals surface area contributed by atoms with Crippen molar-refractivity contribution in [2.45, 2.75) is 13.8 Å². The highest BCUT2D eigenvalue weighted by atomic mass is 35.5. The van der Waals surface area contributed by atoms with E-state index in [1.165, 1.54) is 0 Å². The number of hydrogen-bond acceptors (Lipinski definition) is 5. The van der Waals surface area contributed by atoms with Crippen molar-refractivity contribution in [1.82, 2.24) is 10.2 Å². The number of piperazine rings is 1. The summed E-state index contributed by atoms with van der Waals surface area (Å²) in [6.07, 6.45) is 0. The first-order valence-corrected chi connectivity index (χ1v) is 10.9. The molecule has 0 aromatic heterocycles. The number of rotatable bonds is 8. The molecular formula is C23H28ClN3O4. The monoisotopic (exact) mass is 445 g/mol. The Morgan fingerprint density at radius 3 is 2.23 bits per heavy atom. The summed E-state index contributed by atoms with van der Waals surface area (Å²) in [6, 6.07) is 12.7. The van der Waals surface area contributed by atoms with E-state index in [1.54, 1.807) is 23.1 Å². The minimum atomic E-state index is -0.322. The first-order chi connectivity index (χ1) is 15.0. The minimum absolute atomic E-state index is 0.0447. The van der Waals surface area contributed by atoms with Crippen LogP contribution in [-0.4, -0.2) is 62.7 Å². The molecule has 0 spiro atoms. The molecule has 8 heteroatoms. The molecule has 2 aromatic rings. The maximum atomic E-state index is 12.6. The van der Waals surface area contributed by atoms with Crippen molar-refractivity contribution in [1.29, 1.82) is 0 Å². The average Bonchev–Trinajstić information content (AvgIpc) is 2.79. The summed E-state index contributed by atoms with van der Waals surface area (Å²) in [5.41, 5.74) is 1.51. The van der Waals surface area contributed by atoms with Gasteiger partial charge in [-0.25, -0.2) is 0 Å². The normalized spacial score (nSPS) is 13.6. The molecular weight excluding hydrogens is 418 g/mol. The second-order valence-electron chi connectivity index (χ2n) is 7.05. The Labute approximate surface area is 187 Å². The van der Waals surface area contributed by atoms with E-state index in [1.807, 2.05) is 38.1 Å². The number of benzene rings is 2. The van der Waals surface area contributed by atoms with Crippen LogP contribution in [0.25, 0.3) is 0 Å². The number of carbonyl (C=O) groups is 2. The molecule has 1 N–H and O–H groups in total. The number of nitrogens with zero attached hydrogens (tertiary/aromatic N) is 2. The standard InChI is InChI=1S/C23H28ClN3O4/c1-3-30-20-10-5-17(15-21(20)31-4-2)23(29)25-16-22(28)27-13-11-26(12-14-27)19-8-6-18(24)7-9-19/h5-10,15H,3-4,11-14,16H2,1-2H3,(H,25,29). The van der Waals surface area contributed by atoms with E-state index in [9.17, 15) is 9.59 Å². The lowest BCUT2D eigenvalue weighted by Gasteiger charge is -2.36. The molecule has 2 aromatic carbocycles. The number of amides is 2. The van der Waals surface area contributed by atoms with Crippen molar-refractivity contribution in [3.8, 4) is 11.5 Å². The molecule has 166 valence electrons. The third kappa shape index (κ3) is 6.04. The van der Waals surface area contributed by atoms with Gasteiger partial charge >= 0.3 is 0 Å². The van der Waals surface area contributed by atoms with Crippen molar-refractivity contribution >= 4 is 29.1 Å². The summed E-state index contributed by atoms with van der Waals surface area (Å²) in [6.45, 7) is 7.36. The quantitative estimate of drug-likeness (QED) is 0.675. The molecule has 1 aliphatic heterocycles. The van der Waals surface area contributed by atoms with E-state index in [2.05, 4.69) is 10.2 Å². The van der Waals surface area contributed by atoms with Crippen LogP contribution in [0.5, 0.6) is 11.5 Å². The molecule has 2 amide bonds. The van der Waals surface area contributed by atoms with Gasteiger partial charge in [0.2, 0.25) is 5.91 Å². The fraction of sp³-hybridized carbons (Fsp3) is 0.391. The third-order valence-electron chi connectivity index (χ3n) is 5.03. The Balaban J connectivity index is 1.51. The van der Waals surface area contributed by atoms with Gasteiger partial charge in [-0.2, -0.15) is 0 Å². The van der Waals surface area contributed by atoms with Crippen LogP contribution in [0.15, 0.2) is 42.5 Å². The minimum Gasteiger partial charge on any atom is -0.490 e. The van der Waals surface area contributed by atoms with E-state index in [0.29, 0.717) is 48.4 Å². The SMILES string of the molecule is CCOc1ccc(C(=O)NCC(=O)N2CCN(c3ccc(Cl)cc3)CC2)cc1OCC. The van der Waals surface area contributed by atoms with Gasteiger partial charge in [0, 0.05) is 42.5 Å². The Morgan fingerprint density at radius 1 is 0.935 bits per heavy atom. The van der Waals surface area contributed by atoms with Crippen molar-refractivity contribution in [2.24, 2.45) is 0 Å². The van der Waals surface area contributed by atoms with Crippen LogP contribution in [0.4, 0.5) is 5.69 Å². The lowest BCUT2D eigenvalue weighted by molar-refractivity contribution is -0.130. The second kappa shape index (κ2) is 10.9. The summed E-state index contributed by atoms with van der Waals surface area (Å²) < 4.78 is 11.1. The Bertz CT molecular complexity index is 896. The van der Waals surface area contributed by atoms with Crippen LogP contribution in [0.1, 0.15) is 24.2 Å². The molecule has 1 heterocycles. The zero-order chi connectivity index (χ0) is 22.2. The molecule has 0 unspecified atom stereocenters. The van der Waals surface area contributed by atoms with E-state index >= 15 is 0 Å². The van der Waals surface area contributed by atoms with E-state index < -0.39 is 0 Å².